The van der Waals surface area contributed by atoms with Gasteiger partial charge in [0.25, 0.3) is 0 Å². The van der Waals surface area contributed by atoms with E-state index in [1.165, 1.54) is 90.6 Å². The predicted octanol–water partition coefficient (Wildman–Crippen LogP) is 5.43. The molecule has 0 bridgehead atoms. The minimum atomic E-state index is -0.409. The molecule has 0 rings (SSSR count). The van der Waals surface area contributed by atoms with Crippen molar-refractivity contribution in [1.29, 1.82) is 0 Å². The van der Waals surface area contributed by atoms with Gasteiger partial charge in [0.1, 0.15) is 6.61 Å². The highest BCUT2D eigenvalue weighted by Crippen LogP contribution is 2.12. The van der Waals surface area contributed by atoms with Crippen molar-refractivity contribution in [1.82, 2.24) is 10.6 Å². The first-order valence-corrected chi connectivity index (χ1v) is 12.7. The van der Waals surface area contributed by atoms with Gasteiger partial charge < -0.3 is 20.1 Å². The van der Waals surface area contributed by atoms with Crippen LogP contribution < -0.4 is 10.6 Å². The Hall–Kier alpha value is -1.21. The van der Waals surface area contributed by atoms with Gasteiger partial charge in [-0.2, -0.15) is 0 Å². The maximum absolute atomic E-state index is 11.8. The molecule has 0 aliphatic heterocycles. The van der Waals surface area contributed by atoms with Gasteiger partial charge in [0.15, 0.2) is 5.11 Å². The first kappa shape index (κ1) is 29.8. The van der Waals surface area contributed by atoms with E-state index in [1.54, 1.807) is 0 Å². The average molecular weight is 459 g/mol. The number of unbranched alkanes of at least 4 members (excludes halogenated alkanes) is 13. The molecule has 31 heavy (non-hydrogen) atoms. The maximum Gasteiger partial charge on any atom is 0.306 e. The highest BCUT2D eigenvalue weighted by Gasteiger charge is 2.09. The van der Waals surface area contributed by atoms with Crippen molar-refractivity contribution in [2.75, 3.05) is 26.9 Å². The standard InChI is InChI=1S/C24H46N2O4S/c1-3-4-5-6-7-8-9-10-11-12-13-14-15-16-19-25-24(31)26-22(27)17-18-23(28)30-21-20-29-2/h3-21H2,1-2H3,(H2,25,26,27,31). The molecular weight excluding hydrogens is 412 g/mol. The summed E-state index contributed by atoms with van der Waals surface area (Å²) >= 11 is 5.12. The van der Waals surface area contributed by atoms with E-state index in [1.807, 2.05) is 0 Å². The molecule has 0 heterocycles. The van der Waals surface area contributed by atoms with Crippen molar-refractivity contribution in [2.24, 2.45) is 0 Å². The molecule has 0 aromatic carbocycles. The molecule has 0 aliphatic carbocycles. The second-order valence-corrected chi connectivity index (χ2v) is 8.52. The molecule has 1 amide bonds. The number of thiocarbonyl (C=S) groups is 1. The normalized spacial score (nSPS) is 10.6. The molecular formula is C24H46N2O4S. The van der Waals surface area contributed by atoms with Crippen molar-refractivity contribution < 1.29 is 19.1 Å². The Morgan fingerprint density at radius 1 is 0.742 bits per heavy atom. The lowest BCUT2D eigenvalue weighted by molar-refractivity contribution is -0.146. The lowest BCUT2D eigenvalue weighted by atomic mass is 10.0. The summed E-state index contributed by atoms with van der Waals surface area (Å²) in [6, 6.07) is 0. The Morgan fingerprint density at radius 3 is 1.77 bits per heavy atom. The van der Waals surface area contributed by atoms with E-state index in [2.05, 4.69) is 17.6 Å². The summed E-state index contributed by atoms with van der Waals surface area (Å²) in [6.07, 6.45) is 18.7. The highest BCUT2D eigenvalue weighted by molar-refractivity contribution is 7.80. The summed E-state index contributed by atoms with van der Waals surface area (Å²) in [5.41, 5.74) is 0. The zero-order valence-electron chi connectivity index (χ0n) is 20.0. The zero-order valence-corrected chi connectivity index (χ0v) is 20.8. The van der Waals surface area contributed by atoms with Gasteiger partial charge in [0.05, 0.1) is 13.0 Å². The molecule has 0 unspecified atom stereocenters. The lowest BCUT2D eigenvalue weighted by Gasteiger charge is -2.09. The molecule has 0 saturated carbocycles. The van der Waals surface area contributed by atoms with E-state index >= 15 is 0 Å². The van der Waals surface area contributed by atoms with Crippen LogP contribution in [-0.2, 0) is 19.1 Å². The number of methoxy groups -OCH3 is 1. The fourth-order valence-electron chi connectivity index (χ4n) is 3.28. The van der Waals surface area contributed by atoms with E-state index < -0.39 is 5.97 Å². The molecule has 0 saturated heterocycles. The minimum absolute atomic E-state index is 0.0388. The van der Waals surface area contributed by atoms with Gasteiger partial charge in [-0.05, 0) is 18.6 Å². The van der Waals surface area contributed by atoms with E-state index in [0.29, 0.717) is 11.7 Å². The SMILES string of the molecule is CCCCCCCCCCCCCCCCNC(=S)NC(=O)CCC(=O)OCCOC. The lowest BCUT2D eigenvalue weighted by Crippen LogP contribution is -2.39. The predicted molar refractivity (Wildman–Crippen MR) is 131 cm³/mol. The van der Waals surface area contributed by atoms with E-state index in [9.17, 15) is 9.59 Å². The van der Waals surface area contributed by atoms with Gasteiger partial charge in [0.2, 0.25) is 5.91 Å². The van der Waals surface area contributed by atoms with Crippen LogP contribution in [0, 0.1) is 0 Å². The van der Waals surface area contributed by atoms with Gasteiger partial charge in [-0.3, -0.25) is 9.59 Å². The van der Waals surface area contributed by atoms with Crippen molar-refractivity contribution in [3.63, 3.8) is 0 Å². The number of rotatable bonds is 21. The van der Waals surface area contributed by atoms with Crippen LogP contribution in [-0.4, -0.2) is 43.9 Å². The third-order valence-electron chi connectivity index (χ3n) is 5.18. The minimum Gasteiger partial charge on any atom is -0.463 e. The Balaban J connectivity index is 3.37. The Morgan fingerprint density at radius 2 is 1.26 bits per heavy atom. The average Bonchev–Trinajstić information content (AvgIpc) is 2.75. The second kappa shape index (κ2) is 23.5. The molecule has 0 atom stereocenters. The molecule has 0 aromatic rings. The van der Waals surface area contributed by atoms with Gasteiger partial charge in [-0.15, -0.1) is 0 Å². The molecule has 0 spiro atoms. The Labute approximate surface area is 195 Å². The molecule has 0 radical (unpaired) electrons. The van der Waals surface area contributed by atoms with Crippen molar-refractivity contribution in [3.05, 3.63) is 0 Å². The van der Waals surface area contributed by atoms with Crippen LogP contribution in [0.25, 0.3) is 0 Å². The topological polar surface area (TPSA) is 76.7 Å². The number of carbonyl (C=O) groups excluding carboxylic acids is 2. The third-order valence-corrected chi connectivity index (χ3v) is 5.42. The number of ether oxygens (including phenoxy) is 2. The smallest absolute Gasteiger partial charge is 0.306 e. The number of nitrogens with one attached hydrogen (secondary N) is 2. The summed E-state index contributed by atoms with van der Waals surface area (Å²) in [6.45, 7) is 3.58. The largest absolute Gasteiger partial charge is 0.463 e. The monoisotopic (exact) mass is 458 g/mol. The van der Waals surface area contributed by atoms with Crippen molar-refractivity contribution in [3.8, 4) is 0 Å². The first-order valence-electron chi connectivity index (χ1n) is 12.3. The van der Waals surface area contributed by atoms with Crippen LogP contribution in [0.2, 0.25) is 0 Å². The Kier molecular flexibility index (Phi) is 22.5. The van der Waals surface area contributed by atoms with Crippen LogP contribution in [0.5, 0.6) is 0 Å². The van der Waals surface area contributed by atoms with Crippen LogP contribution in [0.4, 0.5) is 0 Å². The van der Waals surface area contributed by atoms with Gasteiger partial charge in [0, 0.05) is 20.1 Å². The zero-order chi connectivity index (χ0) is 23.0. The molecule has 0 aliphatic rings. The van der Waals surface area contributed by atoms with Crippen molar-refractivity contribution in [2.45, 2.75) is 110 Å². The second-order valence-electron chi connectivity index (χ2n) is 8.11. The van der Waals surface area contributed by atoms with E-state index in [-0.39, 0.29) is 25.4 Å². The van der Waals surface area contributed by atoms with Gasteiger partial charge in [-0.25, -0.2) is 0 Å². The van der Waals surface area contributed by atoms with Gasteiger partial charge in [-0.1, -0.05) is 90.4 Å². The quantitative estimate of drug-likeness (QED) is 0.136. The number of esters is 1. The first-order chi connectivity index (χ1) is 15.1. The number of hydrogen-bond donors (Lipinski definition) is 2. The number of carbonyl (C=O) groups is 2. The van der Waals surface area contributed by atoms with Crippen LogP contribution in [0.15, 0.2) is 0 Å². The molecule has 7 heteroatoms. The molecule has 182 valence electrons. The van der Waals surface area contributed by atoms with Crippen molar-refractivity contribution >= 4 is 29.2 Å². The van der Waals surface area contributed by atoms with E-state index in [4.69, 9.17) is 21.7 Å². The third kappa shape index (κ3) is 23.3. The van der Waals surface area contributed by atoms with Crippen LogP contribution in [0.1, 0.15) is 110 Å². The Bertz CT molecular complexity index is 461. The summed E-state index contributed by atoms with van der Waals surface area (Å²) in [5.74, 6) is -0.685. The number of hydrogen-bond acceptors (Lipinski definition) is 5. The molecule has 2 N–H and O–H groups in total. The highest BCUT2D eigenvalue weighted by atomic mass is 32.1. The summed E-state index contributed by atoms with van der Waals surface area (Å²) in [7, 11) is 1.54. The van der Waals surface area contributed by atoms with Crippen LogP contribution >= 0.6 is 12.2 Å². The summed E-state index contributed by atoms with van der Waals surface area (Å²) < 4.78 is 9.70. The molecule has 0 fully saturated rings. The van der Waals surface area contributed by atoms with Crippen LogP contribution in [0.3, 0.4) is 0 Å². The molecule has 6 nitrogen and oxygen atoms in total. The number of amides is 1. The molecule has 0 aromatic heterocycles. The van der Waals surface area contributed by atoms with Gasteiger partial charge >= 0.3 is 5.97 Å². The summed E-state index contributed by atoms with van der Waals surface area (Å²) in [5, 5.41) is 5.98. The maximum atomic E-state index is 11.8. The van der Waals surface area contributed by atoms with E-state index in [0.717, 1.165) is 13.0 Å². The fourth-order valence-corrected chi connectivity index (χ4v) is 3.50. The summed E-state index contributed by atoms with van der Waals surface area (Å²) in [4.78, 5) is 23.2. The fraction of sp³-hybridized carbons (Fsp3) is 0.875.